The maximum Gasteiger partial charge on any atom is 0.534 e. The van der Waals surface area contributed by atoms with Crippen LogP contribution in [0, 0.1) is 0 Å². The van der Waals surface area contributed by atoms with Crippen LogP contribution in [0.4, 0.5) is 26.3 Å². The molecule has 3 atom stereocenters. The second kappa shape index (κ2) is 8.74. The molecule has 0 saturated heterocycles. The summed E-state index contributed by atoms with van der Waals surface area (Å²) < 4.78 is 147. The van der Waals surface area contributed by atoms with Crippen molar-refractivity contribution in [1.29, 1.82) is 0 Å². The maximum atomic E-state index is 13.1. The van der Waals surface area contributed by atoms with E-state index >= 15 is 0 Å². The van der Waals surface area contributed by atoms with Crippen LogP contribution in [0.2, 0.25) is 0 Å². The zero-order valence-corrected chi connectivity index (χ0v) is 20.5. The van der Waals surface area contributed by atoms with Crippen LogP contribution in [0.15, 0.2) is 36.4 Å². The van der Waals surface area contributed by atoms with Gasteiger partial charge in [-0.1, -0.05) is 38.1 Å². The molecule has 0 aliphatic carbocycles. The van der Waals surface area contributed by atoms with Gasteiger partial charge in [-0.2, -0.15) is 43.2 Å². The first-order chi connectivity index (χ1) is 17.0. The van der Waals surface area contributed by atoms with E-state index in [1.165, 1.54) is 24.3 Å². The summed E-state index contributed by atoms with van der Waals surface area (Å²) in [5.74, 6) is -4.06. The fourth-order valence-corrected chi connectivity index (χ4v) is 5.27. The van der Waals surface area contributed by atoms with Crippen LogP contribution in [0.1, 0.15) is 61.2 Å². The van der Waals surface area contributed by atoms with Gasteiger partial charge in [-0.3, -0.25) is 0 Å². The van der Waals surface area contributed by atoms with E-state index in [4.69, 9.17) is 9.47 Å². The van der Waals surface area contributed by atoms with E-state index in [0.717, 1.165) is 12.1 Å². The summed E-state index contributed by atoms with van der Waals surface area (Å²) in [4.78, 5) is 0. The number of hydrogen-bond donors (Lipinski definition) is 0. The Morgan fingerprint density at radius 3 is 1.38 bits per heavy atom. The Labute approximate surface area is 207 Å². The zero-order chi connectivity index (χ0) is 27.6. The van der Waals surface area contributed by atoms with Gasteiger partial charge in [0.1, 0.15) is 0 Å². The summed E-state index contributed by atoms with van der Waals surface area (Å²) in [7, 11) is -12.4. The first-order valence-electron chi connectivity index (χ1n) is 10.6. The molecule has 1 unspecified atom stereocenters. The standard InChI is InChI=1S/C21H18F6O8S2/c1-3-13-11-7-5-9-15(34-36(28,29)20(22,23)24)17(11)19(32-13)18-12(14(4-2)33-19)8-6-10-16(18)35-37(30,31)21(25,26)27/h5-10,13-14H,3-4H2,1-2H3/t13-,14+,19?. The van der Waals surface area contributed by atoms with Gasteiger partial charge in [-0.05, 0) is 36.1 Å². The van der Waals surface area contributed by atoms with Gasteiger partial charge in [0.2, 0.25) is 5.79 Å². The smallest absolute Gasteiger partial charge is 0.375 e. The Morgan fingerprint density at radius 2 is 1.08 bits per heavy atom. The Kier molecular flexibility index (Phi) is 6.49. The molecule has 0 N–H and O–H groups in total. The van der Waals surface area contributed by atoms with Gasteiger partial charge < -0.3 is 17.8 Å². The average molecular weight is 576 g/mol. The van der Waals surface area contributed by atoms with Crippen LogP contribution in [-0.4, -0.2) is 27.9 Å². The van der Waals surface area contributed by atoms with Gasteiger partial charge in [-0.15, -0.1) is 0 Å². The second-order valence-corrected chi connectivity index (χ2v) is 11.1. The minimum atomic E-state index is -6.18. The molecule has 2 heterocycles. The molecule has 2 aliphatic rings. The van der Waals surface area contributed by atoms with Crippen molar-refractivity contribution in [2.24, 2.45) is 0 Å². The van der Waals surface area contributed by atoms with E-state index in [1.807, 2.05) is 0 Å². The topological polar surface area (TPSA) is 105 Å². The first-order valence-corrected chi connectivity index (χ1v) is 13.4. The van der Waals surface area contributed by atoms with Crippen LogP contribution in [0.3, 0.4) is 0 Å². The average Bonchev–Trinajstić information content (AvgIpc) is 3.28. The molecule has 0 radical (unpaired) electrons. The van der Waals surface area contributed by atoms with Gasteiger partial charge >= 0.3 is 31.3 Å². The number of benzene rings is 2. The Bertz CT molecular complexity index is 1320. The number of ether oxygens (including phenoxy) is 2. The molecule has 16 heteroatoms. The van der Waals surface area contributed by atoms with Crippen LogP contribution in [-0.2, 0) is 35.5 Å². The van der Waals surface area contributed by atoms with Crippen molar-refractivity contribution in [3.05, 3.63) is 58.7 Å². The number of fused-ring (bicyclic) bond motifs is 4. The number of hydrogen-bond acceptors (Lipinski definition) is 8. The van der Waals surface area contributed by atoms with E-state index in [1.54, 1.807) is 13.8 Å². The lowest BCUT2D eigenvalue weighted by molar-refractivity contribution is -0.236. The maximum absolute atomic E-state index is 13.1. The molecule has 2 aromatic rings. The monoisotopic (exact) mass is 576 g/mol. The van der Waals surface area contributed by atoms with Crippen molar-refractivity contribution in [2.75, 3.05) is 0 Å². The highest BCUT2D eigenvalue weighted by molar-refractivity contribution is 7.88. The minimum absolute atomic E-state index is 0.133. The van der Waals surface area contributed by atoms with E-state index in [0.29, 0.717) is 0 Å². The molecule has 0 aromatic heterocycles. The molecule has 4 rings (SSSR count). The van der Waals surface area contributed by atoms with Crippen molar-refractivity contribution < 1.29 is 61.0 Å². The molecule has 2 aliphatic heterocycles. The number of rotatable bonds is 6. The van der Waals surface area contributed by atoms with E-state index in [9.17, 15) is 43.2 Å². The zero-order valence-electron chi connectivity index (χ0n) is 18.9. The van der Waals surface area contributed by atoms with Gasteiger partial charge in [-0.25, -0.2) is 0 Å². The summed E-state index contributed by atoms with van der Waals surface area (Å²) in [5, 5.41) is 0. The Balaban J connectivity index is 2.00. The molecule has 1 spiro atoms. The summed E-state index contributed by atoms with van der Waals surface area (Å²) in [6.07, 6.45) is -1.54. The van der Waals surface area contributed by atoms with Crippen molar-refractivity contribution in [3.8, 4) is 11.5 Å². The summed E-state index contributed by atoms with van der Waals surface area (Å²) >= 11 is 0. The first kappa shape index (κ1) is 27.5. The highest BCUT2D eigenvalue weighted by atomic mass is 32.2. The molecule has 2 aromatic carbocycles. The van der Waals surface area contributed by atoms with Crippen molar-refractivity contribution in [2.45, 2.75) is 55.7 Å². The molecule has 0 fully saturated rings. The van der Waals surface area contributed by atoms with E-state index in [2.05, 4.69) is 8.37 Å². The fourth-order valence-electron chi connectivity index (χ4n) is 4.33. The normalized spacial score (nSPS) is 23.7. The van der Waals surface area contributed by atoms with Crippen molar-refractivity contribution >= 4 is 20.2 Å². The molecule has 8 nitrogen and oxygen atoms in total. The summed E-state index contributed by atoms with van der Waals surface area (Å²) in [5.41, 5.74) is -12.1. The Morgan fingerprint density at radius 1 is 0.730 bits per heavy atom. The van der Waals surface area contributed by atoms with Crippen LogP contribution in [0.5, 0.6) is 11.5 Å². The highest BCUT2D eigenvalue weighted by Crippen LogP contribution is 2.62. The summed E-state index contributed by atoms with van der Waals surface area (Å²) in [6, 6.07) is 6.98. The van der Waals surface area contributed by atoms with Gasteiger partial charge in [0, 0.05) is 0 Å². The summed E-state index contributed by atoms with van der Waals surface area (Å²) in [6.45, 7) is 3.24. The lowest BCUT2D eigenvalue weighted by Gasteiger charge is -2.29. The lowest BCUT2D eigenvalue weighted by Crippen LogP contribution is -2.33. The van der Waals surface area contributed by atoms with Crippen LogP contribution in [0.25, 0.3) is 0 Å². The largest absolute Gasteiger partial charge is 0.534 e. The molecule has 0 saturated carbocycles. The van der Waals surface area contributed by atoms with Crippen molar-refractivity contribution in [3.63, 3.8) is 0 Å². The molecule has 0 bridgehead atoms. The molecule has 0 amide bonds. The quantitative estimate of drug-likeness (QED) is 0.259. The minimum Gasteiger partial charge on any atom is -0.375 e. The third-order valence-corrected chi connectivity index (χ3v) is 7.72. The third-order valence-electron chi connectivity index (χ3n) is 5.79. The predicted molar refractivity (Wildman–Crippen MR) is 113 cm³/mol. The van der Waals surface area contributed by atoms with Crippen molar-refractivity contribution in [1.82, 2.24) is 0 Å². The highest BCUT2D eigenvalue weighted by Gasteiger charge is 2.59. The molecule has 37 heavy (non-hydrogen) atoms. The number of alkyl halides is 6. The Hall–Kier alpha value is -2.56. The molecule has 204 valence electrons. The number of halogens is 6. The molecular formula is C21H18F6O8S2. The van der Waals surface area contributed by atoms with Crippen LogP contribution >= 0.6 is 0 Å². The third kappa shape index (κ3) is 4.32. The molecular weight excluding hydrogens is 558 g/mol. The predicted octanol–water partition coefficient (Wildman–Crippen LogP) is 5.31. The van der Waals surface area contributed by atoms with Crippen LogP contribution < -0.4 is 8.37 Å². The SMILES string of the molecule is CC[C@@H]1OC2(O[C@H](CC)c3cccc(OS(=O)(=O)C(F)(F)F)c32)c2c(OS(=O)(=O)C(F)(F)F)cccc21. The van der Waals surface area contributed by atoms with E-state index < -0.39 is 60.7 Å². The van der Waals surface area contributed by atoms with Gasteiger partial charge in [0.15, 0.2) is 11.5 Å². The van der Waals surface area contributed by atoms with Gasteiger partial charge in [0.25, 0.3) is 0 Å². The second-order valence-electron chi connectivity index (χ2n) is 8.05. The fraction of sp³-hybridized carbons (Fsp3) is 0.429. The van der Waals surface area contributed by atoms with E-state index in [-0.39, 0.29) is 35.1 Å². The van der Waals surface area contributed by atoms with Gasteiger partial charge in [0.05, 0.1) is 23.3 Å². The lowest BCUT2D eigenvalue weighted by atomic mass is 9.90.